The van der Waals surface area contributed by atoms with E-state index in [1.165, 1.54) is 17.0 Å². The summed E-state index contributed by atoms with van der Waals surface area (Å²) in [6.45, 7) is -0.0614. The number of carbonyl (C=O) groups is 2. The minimum absolute atomic E-state index is 0.0650. The van der Waals surface area contributed by atoms with Gasteiger partial charge in [-0.25, -0.2) is 4.39 Å². The minimum Gasteiger partial charge on any atom is -0.486 e. The SMILES string of the molecule is O=C(NCCO)C1=CC(N(Cc2ccc(F)cc2)C(=O)Cc2ccccc2)C(O)C2Oc3ccccc3C12. The predicted molar refractivity (Wildman–Crippen MR) is 139 cm³/mol. The number of rotatable bonds is 8. The van der Waals surface area contributed by atoms with Crippen LogP contribution in [0, 0.1) is 5.82 Å². The van der Waals surface area contributed by atoms with E-state index >= 15 is 0 Å². The molecule has 8 heteroatoms. The van der Waals surface area contributed by atoms with Gasteiger partial charge >= 0.3 is 0 Å². The van der Waals surface area contributed by atoms with Crippen LogP contribution in [0.5, 0.6) is 5.75 Å². The summed E-state index contributed by atoms with van der Waals surface area (Å²) in [6, 6.07) is 21.5. The Morgan fingerprint density at radius 2 is 1.66 bits per heavy atom. The molecule has 0 saturated carbocycles. The molecule has 5 rings (SSSR count). The van der Waals surface area contributed by atoms with Gasteiger partial charge in [-0.1, -0.05) is 60.7 Å². The van der Waals surface area contributed by atoms with Gasteiger partial charge < -0.3 is 25.2 Å². The van der Waals surface area contributed by atoms with Gasteiger partial charge in [-0.15, -0.1) is 0 Å². The van der Waals surface area contributed by atoms with Gasteiger partial charge in [0.1, 0.15) is 23.8 Å². The first kappa shape index (κ1) is 25.6. The second-order valence-electron chi connectivity index (χ2n) is 9.49. The lowest BCUT2D eigenvalue weighted by atomic mass is 9.77. The van der Waals surface area contributed by atoms with Gasteiger partial charge in [0, 0.05) is 24.2 Å². The molecule has 0 radical (unpaired) electrons. The van der Waals surface area contributed by atoms with Crippen molar-refractivity contribution in [3.63, 3.8) is 0 Å². The highest BCUT2D eigenvalue weighted by Gasteiger charge is 2.50. The van der Waals surface area contributed by atoms with Crippen LogP contribution in [0.1, 0.15) is 22.6 Å². The molecule has 3 aromatic rings. The Hall–Kier alpha value is -4.01. The fourth-order valence-corrected chi connectivity index (χ4v) is 5.21. The third kappa shape index (κ3) is 5.18. The van der Waals surface area contributed by atoms with Crippen LogP contribution in [-0.4, -0.2) is 58.3 Å². The molecule has 0 saturated heterocycles. The Morgan fingerprint density at radius 3 is 2.39 bits per heavy atom. The van der Waals surface area contributed by atoms with Crippen LogP contribution in [0.2, 0.25) is 0 Å². The van der Waals surface area contributed by atoms with Crippen LogP contribution in [0.4, 0.5) is 4.39 Å². The van der Waals surface area contributed by atoms with Crippen molar-refractivity contribution in [1.29, 1.82) is 0 Å². The Bertz CT molecular complexity index is 1330. The predicted octanol–water partition coefficient (Wildman–Crippen LogP) is 2.72. The molecule has 1 heterocycles. The van der Waals surface area contributed by atoms with Crippen molar-refractivity contribution in [2.24, 2.45) is 0 Å². The molecule has 2 amide bonds. The lowest BCUT2D eigenvalue weighted by Crippen LogP contribution is -2.55. The highest BCUT2D eigenvalue weighted by molar-refractivity contribution is 5.96. The van der Waals surface area contributed by atoms with Crippen molar-refractivity contribution in [3.8, 4) is 5.75 Å². The summed E-state index contributed by atoms with van der Waals surface area (Å²) in [5.41, 5.74) is 2.62. The normalized spacial score (nSPS) is 21.5. The number of nitrogens with one attached hydrogen (secondary N) is 1. The van der Waals surface area contributed by atoms with E-state index in [0.29, 0.717) is 16.9 Å². The van der Waals surface area contributed by atoms with E-state index in [0.717, 1.165) is 11.1 Å². The zero-order valence-corrected chi connectivity index (χ0v) is 20.7. The number of hydrogen-bond acceptors (Lipinski definition) is 5. The van der Waals surface area contributed by atoms with Crippen molar-refractivity contribution in [3.05, 3.63) is 113 Å². The maximum Gasteiger partial charge on any atom is 0.247 e. The van der Waals surface area contributed by atoms with Crippen LogP contribution in [0.15, 0.2) is 90.5 Å². The molecule has 0 bridgehead atoms. The summed E-state index contributed by atoms with van der Waals surface area (Å²) < 4.78 is 19.7. The number of para-hydroxylation sites is 1. The molecule has 1 aliphatic heterocycles. The van der Waals surface area contributed by atoms with Gasteiger partial charge in [-0.3, -0.25) is 9.59 Å². The third-order valence-corrected chi connectivity index (χ3v) is 7.02. The number of aliphatic hydroxyl groups excluding tert-OH is 2. The summed E-state index contributed by atoms with van der Waals surface area (Å²) in [5, 5.41) is 23.6. The second-order valence-corrected chi connectivity index (χ2v) is 9.49. The second kappa shape index (κ2) is 11.2. The van der Waals surface area contributed by atoms with Crippen molar-refractivity contribution >= 4 is 11.8 Å². The molecule has 3 aromatic carbocycles. The fourth-order valence-electron chi connectivity index (χ4n) is 5.21. The maximum atomic E-state index is 13.7. The first-order valence-corrected chi connectivity index (χ1v) is 12.6. The molecule has 38 heavy (non-hydrogen) atoms. The van der Waals surface area contributed by atoms with Gasteiger partial charge in [0.15, 0.2) is 0 Å². The molecule has 4 atom stereocenters. The van der Waals surface area contributed by atoms with E-state index in [1.807, 2.05) is 48.5 Å². The summed E-state index contributed by atoms with van der Waals surface area (Å²) in [7, 11) is 0. The van der Waals surface area contributed by atoms with E-state index in [9.17, 15) is 24.2 Å². The van der Waals surface area contributed by atoms with E-state index in [2.05, 4.69) is 5.32 Å². The number of benzene rings is 3. The number of ether oxygens (including phenoxy) is 1. The summed E-state index contributed by atoms with van der Waals surface area (Å²) in [5.74, 6) is -1.01. The Balaban J connectivity index is 1.55. The van der Waals surface area contributed by atoms with Crippen LogP contribution < -0.4 is 10.1 Å². The average molecular weight is 517 g/mol. The van der Waals surface area contributed by atoms with Crippen LogP contribution >= 0.6 is 0 Å². The van der Waals surface area contributed by atoms with Gasteiger partial charge in [0.05, 0.1) is 25.0 Å². The number of halogens is 1. The molecule has 1 aliphatic carbocycles. The quantitative estimate of drug-likeness (QED) is 0.428. The number of amides is 2. The largest absolute Gasteiger partial charge is 0.486 e. The van der Waals surface area contributed by atoms with Crippen LogP contribution in [0.25, 0.3) is 0 Å². The molecule has 0 aromatic heterocycles. The molecule has 4 unspecified atom stereocenters. The molecular weight excluding hydrogens is 487 g/mol. The van der Waals surface area contributed by atoms with E-state index in [-0.39, 0.29) is 32.0 Å². The standard InChI is InChI=1S/C30H29FN2O5/c31-21-12-10-20(11-13-21)18-33(26(35)16-19-6-2-1-3-7-19)24-17-23(30(37)32-14-15-34)27-22-8-4-5-9-25(22)38-29(27)28(24)36/h1-13,17,24,27-29,34,36H,14-16,18H2,(H,32,37). The maximum absolute atomic E-state index is 13.7. The first-order valence-electron chi connectivity index (χ1n) is 12.6. The van der Waals surface area contributed by atoms with E-state index in [1.54, 1.807) is 24.3 Å². The highest BCUT2D eigenvalue weighted by atomic mass is 19.1. The van der Waals surface area contributed by atoms with Gasteiger partial charge in [-0.2, -0.15) is 0 Å². The van der Waals surface area contributed by atoms with Crippen LogP contribution in [0.3, 0.4) is 0 Å². The number of carbonyl (C=O) groups excluding carboxylic acids is 2. The smallest absolute Gasteiger partial charge is 0.247 e. The number of nitrogens with zero attached hydrogens (tertiary/aromatic N) is 1. The Morgan fingerprint density at radius 1 is 0.947 bits per heavy atom. The zero-order chi connectivity index (χ0) is 26.6. The molecular formula is C30H29FN2O5. The molecule has 0 fully saturated rings. The van der Waals surface area contributed by atoms with Crippen molar-refractivity contribution in [2.45, 2.75) is 37.1 Å². The average Bonchev–Trinajstić information content (AvgIpc) is 3.33. The van der Waals surface area contributed by atoms with Crippen molar-refractivity contribution < 1.29 is 28.9 Å². The van der Waals surface area contributed by atoms with Crippen molar-refractivity contribution in [2.75, 3.05) is 13.2 Å². The summed E-state index contributed by atoms with van der Waals surface area (Å²) in [6.07, 6.45) is -0.212. The molecule has 2 aliphatic rings. The molecule has 3 N–H and O–H groups in total. The lowest BCUT2D eigenvalue weighted by molar-refractivity contribution is -0.137. The van der Waals surface area contributed by atoms with E-state index in [4.69, 9.17) is 4.74 Å². The zero-order valence-electron chi connectivity index (χ0n) is 20.7. The highest BCUT2D eigenvalue weighted by Crippen LogP contribution is 2.47. The Kier molecular flexibility index (Phi) is 7.53. The fraction of sp³-hybridized carbons (Fsp3) is 0.267. The first-order chi connectivity index (χ1) is 18.5. The summed E-state index contributed by atoms with van der Waals surface area (Å²) in [4.78, 5) is 28.5. The van der Waals surface area contributed by atoms with Crippen molar-refractivity contribution in [1.82, 2.24) is 10.2 Å². The van der Waals surface area contributed by atoms with E-state index < -0.39 is 35.9 Å². The number of aliphatic hydroxyl groups is 2. The summed E-state index contributed by atoms with van der Waals surface area (Å²) >= 11 is 0. The number of hydrogen-bond donors (Lipinski definition) is 3. The molecule has 7 nitrogen and oxygen atoms in total. The third-order valence-electron chi connectivity index (χ3n) is 7.02. The van der Waals surface area contributed by atoms with Crippen LogP contribution in [-0.2, 0) is 22.6 Å². The van der Waals surface area contributed by atoms with Gasteiger partial charge in [-0.05, 0) is 35.4 Å². The van der Waals surface area contributed by atoms with Gasteiger partial charge in [0.2, 0.25) is 11.8 Å². The topological polar surface area (TPSA) is 99.1 Å². The molecule has 0 spiro atoms. The van der Waals surface area contributed by atoms with Gasteiger partial charge in [0.25, 0.3) is 0 Å². The Labute approximate surface area is 220 Å². The molecule has 196 valence electrons. The number of fused-ring (bicyclic) bond motifs is 3. The monoisotopic (exact) mass is 516 g/mol. The lowest BCUT2D eigenvalue weighted by Gasteiger charge is -2.41. The minimum atomic E-state index is -1.14.